The van der Waals surface area contributed by atoms with Gasteiger partial charge >= 0.3 is 5.97 Å². The zero-order valence-electron chi connectivity index (χ0n) is 25.7. The van der Waals surface area contributed by atoms with Crippen LogP contribution in [0.4, 0.5) is 8.78 Å². The Bertz CT molecular complexity index is 1410. The summed E-state index contributed by atoms with van der Waals surface area (Å²) in [6, 6.07) is 13.4. The Morgan fingerprint density at radius 2 is 1.80 bits per heavy atom. The van der Waals surface area contributed by atoms with Crippen LogP contribution in [0.3, 0.4) is 0 Å². The number of carboxylic acid groups (broad SMARTS) is 1. The number of hydrogen-bond donors (Lipinski definition) is 3. The molecule has 3 heterocycles. The topological polar surface area (TPSA) is 122 Å². The Labute approximate surface area is 288 Å². The molecule has 3 aromatic rings. The van der Waals surface area contributed by atoms with Crippen molar-refractivity contribution >= 4 is 5.97 Å². The maximum absolute atomic E-state index is 13.7. The van der Waals surface area contributed by atoms with Crippen molar-refractivity contribution in [3.05, 3.63) is 93.8 Å². The van der Waals surface area contributed by atoms with Gasteiger partial charge in [-0.1, -0.05) is 56.0 Å². The average molecular weight is 700 g/mol. The van der Waals surface area contributed by atoms with Crippen LogP contribution >= 0.6 is 0 Å². The molecule has 45 heavy (non-hydrogen) atoms. The standard InChI is InChI=1S/C13H16F2N2O3.C11H10N2O.C9H16N.Y/c14-8-1-2-11(15)10(5-8)12-6-9(3-4-17(12)20)16-7-13(18)19;1-13-8-12-10(7-11(13)14)9-5-3-2-4-6-9;1-2-5-9(4-1)6-3-7-10-8-9;/h1-2,5,9,12,16,20H,3-4,6-7H2,(H,18,19);2-8H,1H3;1-8H2;/q;;-1;/t9-,12+;;;/m1.../s1. The summed E-state index contributed by atoms with van der Waals surface area (Å²) in [5, 5.41) is 26.8. The van der Waals surface area contributed by atoms with E-state index in [0.29, 0.717) is 24.0 Å². The number of hydroxylamine groups is 2. The molecule has 2 aromatic carbocycles. The van der Waals surface area contributed by atoms with Gasteiger partial charge in [0, 0.05) is 69.5 Å². The maximum Gasteiger partial charge on any atom is 0.317 e. The van der Waals surface area contributed by atoms with Gasteiger partial charge in [-0.3, -0.25) is 9.59 Å². The molecular weight excluding hydrogens is 657 g/mol. The molecule has 6 rings (SSSR count). The first-order chi connectivity index (χ1) is 21.2. The molecule has 241 valence electrons. The van der Waals surface area contributed by atoms with E-state index in [1.807, 2.05) is 30.3 Å². The number of nitrogens with zero attached hydrogens (tertiary/aromatic N) is 4. The number of carbonyl (C=O) groups is 1. The third-order valence-corrected chi connectivity index (χ3v) is 8.62. The Morgan fingerprint density at radius 1 is 1.09 bits per heavy atom. The first kappa shape index (κ1) is 37.1. The van der Waals surface area contributed by atoms with E-state index in [-0.39, 0.29) is 63.0 Å². The van der Waals surface area contributed by atoms with Crippen LogP contribution in [0.25, 0.3) is 16.6 Å². The van der Waals surface area contributed by atoms with Crippen molar-refractivity contribution in [3.8, 4) is 11.3 Å². The van der Waals surface area contributed by atoms with Gasteiger partial charge in [-0.25, -0.2) is 13.8 Å². The number of benzene rings is 2. The second-order valence-electron chi connectivity index (χ2n) is 11.8. The molecule has 3 fully saturated rings. The summed E-state index contributed by atoms with van der Waals surface area (Å²) >= 11 is 0. The van der Waals surface area contributed by atoms with Gasteiger partial charge in [-0.2, -0.15) is 5.06 Å². The summed E-state index contributed by atoms with van der Waals surface area (Å²) in [6.45, 7) is 2.39. The average Bonchev–Trinajstić information content (AvgIpc) is 3.48. The van der Waals surface area contributed by atoms with E-state index in [2.05, 4.69) is 15.6 Å². The minimum absolute atomic E-state index is 0. The van der Waals surface area contributed by atoms with Crippen molar-refractivity contribution in [1.29, 1.82) is 0 Å². The Morgan fingerprint density at radius 3 is 2.44 bits per heavy atom. The fourth-order valence-corrected chi connectivity index (χ4v) is 6.15. The molecule has 0 unspecified atom stereocenters. The molecule has 1 aromatic heterocycles. The quantitative estimate of drug-likeness (QED) is 0.313. The first-order valence-electron chi connectivity index (χ1n) is 15.2. The Hall–Kier alpha value is -2.41. The van der Waals surface area contributed by atoms with E-state index in [4.69, 9.17) is 5.11 Å². The number of rotatable bonds is 5. The van der Waals surface area contributed by atoms with Crippen molar-refractivity contribution in [2.24, 2.45) is 12.5 Å². The summed E-state index contributed by atoms with van der Waals surface area (Å²) in [6.07, 6.45) is 11.1. The SMILES string of the molecule is C1CCC2(C1)CCC[N-]C2.Cn1cnc(-c2ccccc2)cc1=O.O=C(O)CN[C@@H]1CCN(O)[C@H](c2cc(F)ccc2F)C1.[Y]. The first-order valence-corrected chi connectivity index (χ1v) is 15.2. The second-order valence-corrected chi connectivity index (χ2v) is 11.8. The van der Waals surface area contributed by atoms with Crippen molar-refractivity contribution in [2.45, 2.75) is 63.5 Å². The molecule has 1 spiro atoms. The van der Waals surface area contributed by atoms with Crippen LogP contribution in [-0.2, 0) is 44.6 Å². The number of carboxylic acids is 1. The largest absolute Gasteiger partial charge is 0.662 e. The van der Waals surface area contributed by atoms with Gasteiger partial charge < -0.3 is 25.5 Å². The fourth-order valence-electron chi connectivity index (χ4n) is 6.15. The van der Waals surface area contributed by atoms with Crippen molar-refractivity contribution < 1.29 is 56.6 Å². The van der Waals surface area contributed by atoms with Crippen LogP contribution in [0.5, 0.6) is 0 Å². The van der Waals surface area contributed by atoms with Crippen LogP contribution in [0.1, 0.15) is 63.0 Å². The van der Waals surface area contributed by atoms with Crippen LogP contribution in [0, 0.1) is 17.0 Å². The summed E-state index contributed by atoms with van der Waals surface area (Å²) in [4.78, 5) is 26.0. The minimum atomic E-state index is -0.982. The molecule has 0 amide bonds. The number of hydrogen-bond acceptors (Lipinski definition) is 6. The van der Waals surface area contributed by atoms with Crippen molar-refractivity contribution in [1.82, 2.24) is 19.9 Å². The summed E-state index contributed by atoms with van der Waals surface area (Å²) in [5.74, 6) is -2.14. The van der Waals surface area contributed by atoms with E-state index in [1.54, 1.807) is 7.05 Å². The third kappa shape index (κ3) is 11.1. The number of aromatic nitrogens is 2. The second kappa shape index (κ2) is 18.1. The zero-order valence-corrected chi connectivity index (χ0v) is 28.6. The third-order valence-electron chi connectivity index (χ3n) is 8.62. The monoisotopic (exact) mass is 699 g/mol. The predicted octanol–water partition coefficient (Wildman–Crippen LogP) is 5.69. The van der Waals surface area contributed by atoms with Gasteiger partial charge in [0.05, 0.1) is 24.6 Å². The van der Waals surface area contributed by atoms with Gasteiger partial charge in [0.2, 0.25) is 0 Å². The van der Waals surface area contributed by atoms with Crippen LogP contribution < -0.4 is 10.9 Å². The summed E-state index contributed by atoms with van der Waals surface area (Å²) in [5.41, 5.74) is 2.42. The molecule has 3 aliphatic rings. The number of nitrogens with one attached hydrogen (secondary N) is 1. The molecule has 1 aliphatic carbocycles. The van der Waals surface area contributed by atoms with Gasteiger partial charge in [0.1, 0.15) is 11.6 Å². The molecule has 12 heteroatoms. The van der Waals surface area contributed by atoms with E-state index in [0.717, 1.165) is 35.4 Å². The number of aliphatic carboxylic acids is 1. The summed E-state index contributed by atoms with van der Waals surface area (Å²) in [7, 11) is 1.68. The van der Waals surface area contributed by atoms with Gasteiger partial charge in [-0.15, -0.1) is 13.1 Å². The molecule has 9 nitrogen and oxygen atoms in total. The number of aryl methyl sites for hydroxylation is 1. The van der Waals surface area contributed by atoms with Crippen LogP contribution in [-0.4, -0.2) is 63.1 Å². The van der Waals surface area contributed by atoms with Crippen molar-refractivity contribution in [3.63, 3.8) is 0 Å². The molecule has 2 atom stereocenters. The molecule has 2 aliphatic heterocycles. The van der Waals surface area contributed by atoms with Crippen LogP contribution in [0.15, 0.2) is 65.7 Å². The minimum Gasteiger partial charge on any atom is -0.662 e. The summed E-state index contributed by atoms with van der Waals surface area (Å²) < 4.78 is 28.4. The molecule has 3 N–H and O–H groups in total. The molecular formula is C33H42F2N5O4Y-. The Kier molecular flexibility index (Phi) is 14.9. The normalized spacial score (nSPS) is 20.6. The molecule has 0 bridgehead atoms. The zero-order chi connectivity index (χ0) is 31.5. The van der Waals surface area contributed by atoms with E-state index in [9.17, 15) is 23.6 Å². The number of halogens is 2. The predicted molar refractivity (Wildman–Crippen MR) is 164 cm³/mol. The Balaban J connectivity index is 0.000000192. The molecule has 1 saturated carbocycles. The fraction of sp³-hybridized carbons (Fsp3) is 0.485. The molecule has 1 radical (unpaired) electrons. The number of piperidine rings is 2. The smallest absolute Gasteiger partial charge is 0.317 e. The van der Waals surface area contributed by atoms with Crippen LogP contribution in [0.2, 0.25) is 0 Å². The van der Waals surface area contributed by atoms with E-state index >= 15 is 0 Å². The maximum atomic E-state index is 13.7. The van der Waals surface area contributed by atoms with Crippen molar-refractivity contribution in [2.75, 3.05) is 26.2 Å². The molecule has 2 saturated heterocycles. The van der Waals surface area contributed by atoms with Gasteiger partial charge in [0.25, 0.3) is 5.56 Å². The van der Waals surface area contributed by atoms with E-state index in [1.165, 1.54) is 62.0 Å². The van der Waals surface area contributed by atoms with E-state index < -0.39 is 23.6 Å². The van der Waals surface area contributed by atoms with Gasteiger partial charge in [0.15, 0.2) is 0 Å². The van der Waals surface area contributed by atoms with Gasteiger partial charge in [-0.05, 0) is 49.3 Å².